The molecule has 17 rings (SSSR count). The van der Waals surface area contributed by atoms with Crippen LogP contribution in [0, 0.1) is 0 Å². The minimum atomic E-state index is -2.13. The summed E-state index contributed by atoms with van der Waals surface area (Å²) in [7, 11) is -2.13. The summed E-state index contributed by atoms with van der Waals surface area (Å²) in [4.78, 5) is 138. The molecule has 29 nitrogen and oxygen atoms in total. The van der Waals surface area contributed by atoms with E-state index in [9.17, 15) is 68.4 Å². The van der Waals surface area contributed by atoms with Crippen molar-refractivity contribution in [1.82, 2.24) is 38.5 Å². The maximum absolute atomic E-state index is 14.3. The number of fused-ring (bicyclic) bond motifs is 9. The SMILES string of the molecule is CC(=O)OCCN1C(=O)c2c(O)c(=O)ccn2N(C2c3ccccc3CCc3ccccc32)C1CN1C(=O)c2ccccc2C1O.CC(C)(C)[Si](C)(C)OCCN1C(=O)c2c(OCc3ccccc3)c(=O)ccn2NC1CN1C(=O)c2ccccc2C1=O.NCC1N(CCO)C(=O)c2c(O)c(=O)ccn2N1C1c2ccccc2CCc2ccccc21. The second-order valence-corrected chi connectivity index (χ2v) is 36.8. The molecule has 2 aliphatic carbocycles. The van der Waals surface area contributed by atoms with Crippen molar-refractivity contribution in [3.8, 4) is 17.2 Å². The number of pyridine rings is 3. The van der Waals surface area contributed by atoms with Crippen molar-refractivity contribution in [3.05, 3.63) is 333 Å². The number of amides is 6. The van der Waals surface area contributed by atoms with Gasteiger partial charge in [0.2, 0.25) is 16.3 Å². The fourth-order valence-electron chi connectivity index (χ4n) is 16.9. The van der Waals surface area contributed by atoms with Crippen molar-refractivity contribution in [2.75, 3.05) is 74.5 Å². The Balaban J connectivity index is 0.000000143. The van der Waals surface area contributed by atoms with E-state index in [1.54, 1.807) is 53.2 Å². The van der Waals surface area contributed by atoms with Crippen LogP contribution >= 0.6 is 0 Å². The van der Waals surface area contributed by atoms with Gasteiger partial charge in [0.25, 0.3) is 35.4 Å². The van der Waals surface area contributed by atoms with Gasteiger partial charge < -0.3 is 65.1 Å². The highest BCUT2D eigenvalue weighted by molar-refractivity contribution is 6.74. The number of aryl methyl sites for hydroxylation is 4. The second kappa shape index (κ2) is 34.2. The molecule has 0 spiro atoms. The standard InChI is InChI=1S/C35H32N4O7.C31H36N4O6Si.C25H26N4O4/c1-21(40)46-19-18-36-29(20-37-33(43)26-12-6-7-13-27(26)34(37)44)39(38-17-16-28(41)32(42)31(38)35(36)45)30-24-10-4-2-8-22(24)14-15-23-9-3-5-11-25(23)30;1-31(2,3)42(4,5)41-18-17-33-25(19-34-28(37)22-13-9-10-14-23(22)29(34)38)32-35-16-15-24(36)27(26(35)30(33)39)40-20-21-11-7-6-8-12-21;26-15-21-27(13-14-30)25(33)23-24(32)20(31)11-12-28(23)29(21)22-18-7-3-1-5-16(18)9-10-17-6-2-4-8-19(17)22/h2-13,16-17,29-30,33,42-43H,14-15,18-20H2,1H3;6-16,25,32H,17-20H2,1-5H3;1-8,11-12,21-22,30,32H,9-10,13-15,26H2. The molecule has 0 bridgehead atoms. The number of hydrogen-bond acceptors (Lipinski definition) is 21. The Labute approximate surface area is 697 Å². The highest BCUT2D eigenvalue weighted by Crippen LogP contribution is 2.44. The van der Waals surface area contributed by atoms with Crippen LogP contribution in [0.4, 0.5) is 0 Å². The Hall–Kier alpha value is -13.3. The van der Waals surface area contributed by atoms with Crippen LogP contribution in [0.3, 0.4) is 0 Å². The van der Waals surface area contributed by atoms with E-state index in [-0.39, 0.29) is 99.6 Å². The first-order valence-corrected chi connectivity index (χ1v) is 43.1. The van der Waals surface area contributed by atoms with Gasteiger partial charge in [-0.1, -0.05) is 178 Å². The number of aliphatic hydroxyl groups is 2. The van der Waals surface area contributed by atoms with E-state index in [0.29, 0.717) is 22.3 Å². The molecule has 8 heterocycles. The molecule has 0 saturated carbocycles. The molecule has 10 aromatic rings. The number of imide groups is 1. The van der Waals surface area contributed by atoms with E-state index in [4.69, 9.17) is 19.6 Å². The van der Waals surface area contributed by atoms with Crippen molar-refractivity contribution in [2.24, 2.45) is 5.73 Å². The quantitative estimate of drug-likeness (QED) is 0.0253. The Morgan fingerprint density at radius 1 is 0.488 bits per heavy atom. The number of nitrogens with zero attached hydrogens (tertiary/aromatic N) is 10. The molecule has 0 saturated heterocycles. The van der Waals surface area contributed by atoms with Crippen LogP contribution in [0.2, 0.25) is 18.1 Å². The van der Waals surface area contributed by atoms with Crippen LogP contribution in [-0.2, 0) is 46.2 Å². The average molecular weight is 1660 g/mol. The fourth-order valence-corrected chi connectivity index (χ4v) is 17.9. The molecule has 6 amide bonds. The first-order chi connectivity index (χ1) is 58.2. The minimum Gasteiger partial charge on any atom is -0.502 e. The first kappa shape index (κ1) is 82.8. The molecule has 3 aromatic heterocycles. The Bertz CT molecular complexity index is 5780. The number of benzene rings is 7. The van der Waals surface area contributed by atoms with Crippen LogP contribution in [0.15, 0.2) is 227 Å². The zero-order valence-corrected chi connectivity index (χ0v) is 68.7. The summed E-state index contributed by atoms with van der Waals surface area (Å²) in [6.45, 7) is 11.8. The smallest absolute Gasteiger partial charge is 0.302 e. The number of aliphatic hydroxyl groups excluding tert-OH is 2. The van der Waals surface area contributed by atoms with Crippen LogP contribution < -0.4 is 42.2 Å². The fraction of sp³-hybridized carbons (Fsp3) is 0.297. The predicted octanol–water partition coefficient (Wildman–Crippen LogP) is 8.06. The molecule has 4 unspecified atom stereocenters. The van der Waals surface area contributed by atoms with Gasteiger partial charge in [-0.15, -0.1) is 0 Å². The largest absolute Gasteiger partial charge is 0.502 e. The first-order valence-electron chi connectivity index (χ1n) is 40.2. The normalized spacial score (nSPS) is 17.9. The molecule has 7 aromatic carbocycles. The van der Waals surface area contributed by atoms with Crippen molar-refractivity contribution in [3.63, 3.8) is 0 Å². The zero-order valence-electron chi connectivity index (χ0n) is 67.7. The Morgan fingerprint density at radius 2 is 0.926 bits per heavy atom. The van der Waals surface area contributed by atoms with E-state index in [1.165, 1.54) is 83.8 Å². The number of nitrogens with two attached hydrogens (primary N) is 1. The lowest BCUT2D eigenvalue weighted by atomic mass is 9.93. The molecule has 7 aliphatic rings. The maximum Gasteiger partial charge on any atom is 0.302 e. The maximum atomic E-state index is 14.3. The zero-order chi connectivity index (χ0) is 85.5. The van der Waals surface area contributed by atoms with Gasteiger partial charge >= 0.3 is 5.97 Å². The third kappa shape index (κ3) is 15.6. The van der Waals surface area contributed by atoms with Crippen molar-refractivity contribution >= 4 is 49.7 Å². The van der Waals surface area contributed by atoms with Crippen molar-refractivity contribution in [1.29, 1.82) is 0 Å². The average Bonchev–Trinajstić information content (AvgIpc) is 1.67. The second-order valence-electron chi connectivity index (χ2n) is 32.0. The molecule has 0 fully saturated rings. The lowest BCUT2D eigenvalue weighted by molar-refractivity contribution is -0.141. The summed E-state index contributed by atoms with van der Waals surface area (Å²) in [5, 5.41) is 46.6. The monoisotopic (exact) mass is 1650 g/mol. The number of rotatable bonds is 19. The van der Waals surface area contributed by atoms with E-state index in [1.807, 2.05) is 101 Å². The highest BCUT2D eigenvalue weighted by atomic mass is 28.4. The molecule has 0 radical (unpaired) electrons. The number of nitrogens with one attached hydrogen (secondary N) is 1. The molecule has 7 N–H and O–H groups in total. The van der Waals surface area contributed by atoms with Crippen LogP contribution in [0.5, 0.6) is 17.2 Å². The summed E-state index contributed by atoms with van der Waals surface area (Å²) in [5.74, 6) is -4.86. The number of aromatic nitrogens is 3. The highest BCUT2D eigenvalue weighted by Gasteiger charge is 2.50. The topological polar surface area (TPSA) is 355 Å². The third-order valence-electron chi connectivity index (χ3n) is 23.9. The Kier molecular flexibility index (Phi) is 23.4. The van der Waals surface area contributed by atoms with Gasteiger partial charge in [0.1, 0.15) is 31.7 Å². The van der Waals surface area contributed by atoms with Gasteiger partial charge in [-0.2, -0.15) is 0 Å². The van der Waals surface area contributed by atoms with E-state index < -0.39 is 108 Å². The number of hydrogen-bond donors (Lipinski definition) is 6. The summed E-state index contributed by atoms with van der Waals surface area (Å²) < 4.78 is 22.0. The Morgan fingerprint density at radius 3 is 1.40 bits per heavy atom. The number of aromatic hydroxyl groups is 2. The number of ether oxygens (including phenoxy) is 2. The van der Waals surface area contributed by atoms with Crippen LogP contribution in [0.25, 0.3) is 0 Å². The number of β-amino-alcohol motifs (C(OH)–C–C–N with tert-alkyl or cyclic N) is 1. The van der Waals surface area contributed by atoms with Gasteiger partial charge in [-0.3, -0.25) is 76.9 Å². The van der Waals surface area contributed by atoms with Gasteiger partial charge in [0.15, 0.2) is 48.9 Å². The van der Waals surface area contributed by atoms with E-state index in [0.717, 1.165) is 69.5 Å². The molecular weight excluding hydrogens is 1560 g/mol. The summed E-state index contributed by atoms with van der Waals surface area (Å²) in [6.07, 6.45) is 4.09. The van der Waals surface area contributed by atoms with Crippen molar-refractivity contribution in [2.45, 2.75) is 115 Å². The number of carbonyl (C=O) groups excluding carboxylic acids is 7. The molecular formula is C91H94N12O17Si. The lowest BCUT2D eigenvalue weighted by Gasteiger charge is -2.51. The van der Waals surface area contributed by atoms with Gasteiger partial charge in [0, 0.05) is 74.5 Å². The number of esters is 1. The number of carbonyl (C=O) groups is 7. The van der Waals surface area contributed by atoms with Gasteiger partial charge in [0.05, 0.1) is 56.1 Å². The van der Waals surface area contributed by atoms with Gasteiger partial charge in [-0.25, -0.2) is 0 Å². The van der Waals surface area contributed by atoms with E-state index >= 15 is 0 Å². The predicted molar refractivity (Wildman–Crippen MR) is 451 cm³/mol. The summed E-state index contributed by atoms with van der Waals surface area (Å²) in [5.41, 5.74) is 18.3. The molecule has 624 valence electrons. The third-order valence-corrected chi connectivity index (χ3v) is 28.5. The lowest BCUT2D eigenvalue weighted by Crippen LogP contribution is -2.66. The summed E-state index contributed by atoms with van der Waals surface area (Å²) in [6, 6.07) is 58.1. The molecule has 5 aliphatic heterocycles. The van der Waals surface area contributed by atoms with Crippen molar-refractivity contribution < 1.29 is 67.9 Å². The summed E-state index contributed by atoms with van der Waals surface area (Å²) >= 11 is 0. The molecule has 30 heteroatoms. The van der Waals surface area contributed by atoms with Gasteiger partial charge in [-0.05, 0) is 112 Å². The van der Waals surface area contributed by atoms with Crippen LogP contribution in [-0.4, -0.2) is 186 Å². The minimum absolute atomic E-state index is 0.0236. The molecule has 4 atom stereocenters. The van der Waals surface area contributed by atoms with Crippen LogP contribution in [0.1, 0.15) is 164 Å². The van der Waals surface area contributed by atoms with E-state index in [2.05, 4.69) is 75.7 Å². The molecule has 121 heavy (non-hydrogen) atoms.